The molecule has 2 heteroatoms. The smallest absolute Gasteiger partial charge is 0.0193 e. The van der Waals surface area contributed by atoms with E-state index >= 15 is 0 Å². The molecular weight excluding hydrogens is 400 g/mol. The molecule has 8 atom stereocenters. The van der Waals surface area contributed by atoms with Crippen LogP contribution in [0.3, 0.4) is 0 Å². The van der Waals surface area contributed by atoms with E-state index in [1.807, 2.05) is 5.57 Å². The Labute approximate surface area is 204 Å². The Balaban J connectivity index is 1.33. The van der Waals surface area contributed by atoms with Crippen molar-refractivity contribution in [3.05, 3.63) is 34.9 Å². The van der Waals surface area contributed by atoms with Crippen LogP contribution in [0.5, 0.6) is 0 Å². The monoisotopic (exact) mass is 450 g/mol. The number of rotatable bonds is 4. The van der Waals surface area contributed by atoms with Crippen molar-refractivity contribution in [1.82, 2.24) is 10.2 Å². The maximum absolute atomic E-state index is 3.60. The summed E-state index contributed by atoms with van der Waals surface area (Å²) >= 11 is 0. The molecule has 0 saturated heterocycles. The Morgan fingerprint density at radius 2 is 1.85 bits per heavy atom. The van der Waals surface area contributed by atoms with Gasteiger partial charge in [0.25, 0.3) is 0 Å². The van der Waals surface area contributed by atoms with Crippen LogP contribution >= 0.6 is 0 Å². The summed E-state index contributed by atoms with van der Waals surface area (Å²) in [7, 11) is 4.42. The topological polar surface area (TPSA) is 15.3 Å². The number of fused-ring (bicyclic) bond motifs is 5. The van der Waals surface area contributed by atoms with Gasteiger partial charge in [0.15, 0.2) is 0 Å². The SMILES string of the molecule is CN[C@@H]1CC[C@@]2(C)C(CC=C3[C@@H]4CC[C@H]([C@@H](C)/C=C/C5=C(C)CN(C)CC5)[C@@]4(C)CC[C@@H]32)C1. The number of likely N-dealkylation sites (N-methyl/N-ethyl adjacent to an activating group) is 1. The van der Waals surface area contributed by atoms with Crippen molar-refractivity contribution in [2.24, 2.45) is 40.4 Å². The van der Waals surface area contributed by atoms with Gasteiger partial charge in [-0.05, 0) is 125 Å². The number of hydrogen-bond acceptors (Lipinski definition) is 2. The van der Waals surface area contributed by atoms with Gasteiger partial charge in [0.05, 0.1) is 0 Å². The minimum absolute atomic E-state index is 0.508. The second-order valence-corrected chi connectivity index (χ2v) is 13.2. The molecule has 5 rings (SSSR count). The van der Waals surface area contributed by atoms with Crippen LogP contribution in [-0.4, -0.2) is 38.1 Å². The van der Waals surface area contributed by atoms with E-state index in [1.165, 1.54) is 64.3 Å². The quantitative estimate of drug-likeness (QED) is 0.464. The predicted octanol–water partition coefficient (Wildman–Crippen LogP) is 7.00. The van der Waals surface area contributed by atoms with Gasteiger partial charge < -0.3 is 10.2 Å². The third kappa shape index (κ3) is 4.02. The lowest BCUT2D eigenvalue weighted by molar-refractivity contribution is -0.0117. The fourth-order valence-corrected chi connectivity index (χ4v) is 9.42. The molecule has 4 aliphatic carbocycles. The van der Waals surface area contributed by atoms with Crippen LogP contribution in [0.2, 0.25) is 0 Å². The Morgan fingerprint density at radius 1 is 1.09 bits per heavy atom. The first-order valence-electron chi connectivity index (χ1n) is 14.2. The summed E-state index contributed by atoms with van der Waals surface area (Å²) in [6, 6.07) is 0.749. The summed E-state index contributed by atoms with van der Waals surface area (Å²) in [6.45, 7) is 12.6. The Kier molecular flexibility index (Phi) is 6.49. The minimum Gasteiger partial charge on any atom is -0.317 e. The molecule has 0 aromatic heterocycles. The van der Waals surface area contributed by atoms with E-state index in [0.717, 1.165) is 36.3 Å². The molecule has 0 amide bonds. The summed E-state index contributed by atoms with van der Waals surface area (Å²) in [4.78, 5) is 2.45. The van der Waals surface area contributed by atoms with E-state index in [0.29, 0.717) is 16.7 Å². The molecule has 184 valence electrons. The highest BCUT2D eigenvalue weighted by Crippen LogP contribution is 2.66. The van der Waals surface area contributed by atoms with E-state index in [1.54, 1.807) is 11.1 Å². The summed E-state index contributed by atoms with van der Waals surface area (Å²) in [5.74, 6) is 4.14. The molecule has 2 nitrogen and oxygen atoms in total. The second-order valence-electron chi connectivity index (χ2n) is 13.2. The van der Waals surface area contributed by atoms with Crippen molar-refractivity contribution < 1.29 is 0 Å². The molecule has 0 aromatic carbocycles. The maximum Gasteiger partial charge on any atom is 0.0193 e. The van der Waals surface area contributed by atoms with Gasteiger partial charge >= 0.3 is 0 Å². The van der Waals surface area contributed by atoms with Crippen LogP contribution in [0, 0.1) is 40.4 Å². The van der Waals surface area contributed by atoms with Crippen molar-refractivity contribution in [3.8, 4) is 0 Å². The van der Waals surface area contributed by atoms with Crippen molar-refractivity contribution in [3.63, 3.8) is 0 Å². The van der Waals surface area contributed by atoms with E-state index in [9.17, 15) is 0 Å². The van der Waals surface area contributed by atoms with E-state index < -0.39 is 0 Å². The average molecular weight is 451 g/mol. The molecule has 1 N–H and O–H groups in total. The minimum atomic E-state index is 0.508. The molecule has 1 aliphatic heterocycles. The standard InChI is InChI=1S/C31H50N2/c1-21(7-8-23-15-18-33(6)20-22(23)2)27-11-12-28-26-10-9-24-19-25(32-5)13-16-30(24,3)29(26)14-17-31(27,28)4/h7-8,10,21,24-25,27-29,32H,9,11-20H2,1-6H3/b8-7+/t21-,24?,25+,27+,28-,29-,30-,31+/m0/s1. The zero-order chi connectivity index (χ0) is 23.4. The summed E-state index contributed by atoms with van der Waals surface area (Å²) in [5, 5.41) is 3.60. The van der Waals surface area contributed by atoms with Crippen LogP contribution in [0.1, 0.15) is 85.5 Å². The summed E-state index contributed by atoms with van der Waals surface area (Å²) < 4.78 is 0. The zero-order valence-corrected chi connectivity index (χ0v) is 22.4. The van der Waals surface area contributed by atoms with Crippen LogP contribution in [0.4, 0.5) is 0 Å². The normalized spacial score (nSPS) is 44.9. The Hall–Kier alpha value is -0.860. The first kappa shape index (κ1) is 23.9. The lowest BCUT2D eigenvalue weighted by atomic mass is 9.47. The van der Waals surface area contributed by atoms with E-state index in [2.05, 4.69) is 70.2 Å². The van der Waals surface area contributed by atoms with Gasteiger partial charge in [-0.2, -0.15) is 0 Å². The van der Waals surface area contributed by atoms with Gasteiger partial charge in [0.2, 0.25) is 0 Å². The highest BCUT2D eigenvalue weighted by molar-refractivity contribution is 5.30. The number of nitrogens with one attached hydrogen (secondary N) is 1. The Morgan fingerprint density at radius 3 is 2.61 bits per heavy atom. The number of allylic oxidation sites excluding steroid dienone is 4. The van der Waals surface area contributed by atoms with Crippen molar-refractivity contribution >= 4 is 0 Å². The van der Waals surface area contributed by atoms with Crippen molar-refractivity contribution in [2.75, 3.05) is 27.2 Å². The molecule has 0 radical (unpaired) electrons. The maximum atomic E-state index is 3.60. The third-order valence-corrected chi connectivity index (χ3v) is 11.6. The molecule has 3 saturated carbocycles. The molecule has 0 aromatic rings. The molecule has 5 aliphatic rings. The lowest BCUT2D eigenvalue weighted by Gasteiger charge is -2.58. The molecule has 0 bridgehead atoms. The summed E-state index contributed by atoms with van der Waals surface area (Å²) in [6.07, 6.45) is 20.4. The second kappa shape index (κ2) is 8.98. The van der Waals surface area contributed by atoms with Crippen LogP contribution in [0.15, 0.2) is 34.9 Å². The van der Waals surface area contributed by atoms with Crippen molar-refractivity contribution in [1.29, 1.82) is 0 Å². The number of hydrogen-bond donors (Lipinski definition) is 1. The first-order valence-corrected chi connectivity index (χ1v) is 14.2. The first-order chi connectivity index (χ1) is 15.8. The van der Waals surface area contributed by atoms with Crippen molar-refractivity contribution in [2.45, 2.75) is 91.5 Å². The Bertz CT molecular complexity index is 836. The predicted molar refractivity (Wildman–Crippen MR) is 141 cm³/mol. The molecule has 1 heterocycles. The highest BCUT2D eigenvalue weighted by atomic mass is 15.1. The lowest BCUT2D eigenvalue weighted by Crippen LogP contribution is -2.51. The van der Waals surface area contributed by atoms with E-state index in [-0.39, 0.29) is 0 Å². The molecule has 0 spiro atoms. The highest BCUT2D eigenvalue weighted by Gasteiger charge is 2.57. The number of nitrogens with zero attached hydrogens (tertiary/aromatic N) is 1. The third-order valence-electron chi connectivity index (χ3n) is 11.6. The van der Waals surface area contributed by atoms with Crippen LogP contribution in [-0.2, 0) is 0 Å². The van der Waals surface area contributed by atoms with Crippen LogP contribution in [0.25, 0.3) is 0 Å². The van der Waals surface area contributed by atoms with Gasteiger partial charge in [0.1, 0.15) is 0 Å². The van der Waals surface area contributed by atoms with Gasteiger partial charge in [-0.15, -0.1) is 0 Å². The van der Waals surface area contributed by atoms with Gasteiger partial charge in [-0.3, -0.25) is 0 Å². The molecule has 33 heavy (non-hydrogen) atoms. The summed E-state index contributed by atoms with van der Waals surface area (Å²) in [5.41, 5.74) is 6.16. The van der Waals surface area contributed by atoms with Gasteiger partial charge in [-0.25, -0.2) is 0 Å². The zero-order valence-electron chi connectivity index (χ0n) is 22.4. The average Bonchev–Trinajstić information content (AvgIpc) is 3.15. The fraction of sp³-hybridized carbons (Fsp3) is 0.806. The van der Waals surface area contributed by atoms with Crippen LogP contribution < -0.4 is 5.32 Å². The largest absolute Gasteiger partial charge is 0.317 e. The van der Waals surface area contributed by atoms with Gasteiger partial charge in [0, 0.05) is 19.1 Å². The van der Waals surface area contributed by atoms with E-state index in [4.69, 9.17) is 0 Å². The molecular formula is C31H50N2. The molecule has 1 unspecified atom stereocenters. The fourth-order valence-electron chi connectivity index (χ4n) is 9.42. The molecule has 3 fully saturated rings. The van der Waals surface area contributed by atoms with Gasteiger partial charge in [-0.1, -0.05) is 50.1 Å².